The van der Waals surface area contributed by atoms with Gasteiger partial charge >= 0.3 is 0 Å². The van der Waals surface area contributed by atoms with Crippen molar-refractivity contribution >= 4 is 60.3 Å². The molecule has 2 heterocycles. The third-order valence-electron chi connectivity index (χ3n) is 2.94. The Labute approximate surface area is 136 Å². The molecule has 1 amide bonds. The van der Waals surface area contributed by atoms with Crippen LogP contribution in [0.5, 0.6) is 0 Å². The van der Waals surface area contributed by atoms with E-state index < -0.39 is 0 Å². The first-order valence-electron chi connectivity index (χ1n) is 6.03. The summed E-state index contributed by atoms with van der Waals surface area (Å²) in [6.07, 6.45) is 0. The van der Waals surface area contributed by atoms with Gasteiger partial charge in [-0.2, -0.15) is 0 Å². The second kappa shape index (κ2) is 5.75. The molecule has 0 aliphatic rings. The van der Waals surface area contributed by atoms with Gasteiger partial charge in [-0.15, -0.1) is 22.7 Å². The summed E-state index contributed by atoms with van der Waals surface area (Å²) in [6, 6.07) is 6.31. The number of nitrogen functional groups attached to an aromatic ring is 1. The highest BCUT2D eigenvalue weighted by Crippen LogP contribution is 2.34. The van der Waals surface area contributed by atoms with Gasteiger partial charge < -0.3 is 11.1 Å². The normalized spacial score (nSPS) is 11.0. The molecule has 0 aliphatic carbocycles. The highest BCUT2D eigenvalue weighted by atomic mass is 79.9. The Morgan fingerprint density at radius 1 is 1.38 bits per heavy atom. The lowest BCUT2D eigenvalue weighted by atomic mass is 10.2. The molecule has 21 heavy (non-hydrogen) atoms. The minimum atomic E-state index is -0.359. The number of carbonyl (C=O) groups is 1. The number of amides is 1. The van der Waals surface area contributed by atoms with Gasteiger partial charge in [0, 0.05) is 24.8 Å². The summed E-state index contributed by atoms with van der Waals surface area (Å²) in [5, 5.41) is 5.38. The van der Waals surface area contributed by atoms with Gasteiger partial charge in [-0.1, -0.05) is 0 Å². The standard InChI is InChI=1S/C14H10BrFN2OS2/c15-7-3-9(20-6-7)5-18-14(19)13-12(17)10-4-8(16)1-2-11(10)21-13/h1-4,6H,5,17H2,(H,18,19). The average molecular weight is 385 g/mol. The summed E-state index contributed by atoms with van der Waals surface area (Å²) in [7, 11) is 0. The van der Waals surface area contributed by atoms with Gasteiger partial charge in [0.15, 0.2) is 0 Å². The molecule has 0 aliphatic heterocycles. The number of hydrogen-bond acceptors (Lipinski definition) is 4. The number of benzene rings is 1. The van der Waals surface area contributed by atoms with Crippen LogP contribution in [0.3, 0.4) is 0 Å². The Balaban J connectivity index is 1.82. The summed E-state index contributed by atoms with van der Waals surface area (Å²) < 4.78 is 15.0. The molecule has 3 rings (SSSR count). The topological polar surface area (TPSA) is 55.1 Å². The second-order valence-corrected chi connectivity index (χ2v) is 7.36. The first kappa shape index (κ1) is 14.5. The van der Waals surface area contributed by atoms with E-state index in [4.69, 9.17) is 5.73 Å². The molecular formula is C14H10BrFN2OS2. The third kappa shape index (κ3) is 2.95. The molecule has 0 unspecified atom stereocenters. The van der Waals surface area contributed by atoms with Crippen LogP contribution in [0.15, 0.2) is 34.1 Å². The monoisotopic (exact) mass is 384 g/mol. The molecule has 2 aromatic heterocycles. The number of rotatable bonds is 3. The molecule has 108 valence electrons. The summed E-state index contributed by atoms with van der Waals surface area (Å²) >= 11 is 6.20. The fourth-order valence-corrected chi connectivity index (χ4v) is 4.36. The lowest BCUT2D eigenvalue weighted by molar-refractivity contribution is 0.0956. The number of nitrogens with one attached hydrogen (secondary N) is 1. The van der Waals surface area contributed by atoms with Crippen LogP contribution in [-0.4, -0.2) is 5.91 Å². The van der Waals surface area contributed by atoms with Gasteiger partial charge in [-0.05, 0) is 40.2 Å². The minimum Gasteiger partial charge on any atom is -0.397 e. The lowest BCUT2D eigenvalue weighted by Gasteiger charge is -2.02. The van der Waals surface area contributed by atoms with Crippen molar-refractivity contribution in [3.05, 3.63) is 49.7 Å². The molecule has 3 aromatic rings. The number of hydrogen-bond donors (Lipinski definition) is 2. The molecule has 3 N–H and O–H groups in total. The number of halogens is 2. The number of fused-ring (bicyclic) bond motifs is 1. The molecule has 0 radical (unpaired) electrons. The molecule has 0 atom stereocenters. The van der Waals surface area contributed by atoms with E-state index in [9.17, 15) is 9.18 Å². The Kier molecular flexibility index (Phi) is 3.97. The predicted octanol–water partition coefficient (Wildman–Crippen LogP) is 4.38. The SMILES string of the molecule is Nc1c(C(=O)NCc2cc(Br)cs2)sc2ccc(F)cc12. The second-order valence-electron chi connectivity index (χ2n) is 4.40. The Hall–Kier alpha value is -1.44. The smallest absolute Gasteiger partial charge is 0.263 e. The number of anilines is 1. The Bertz CT molecular complexity index is 828. The highest BCUT2D eigenvalue weighted by molar-refractivity contribution is 9.10. The van der Waals surface area contributed by atoms with Crippen molar-refractivity contribution in [2.75, 3.05) is 5.73 Å². The fourth-order valence-electron chi connectivity index (χ4n) is 1.95. The molecular weight excluding hydrogens is 375 g/mol. The molecule has 1 aromatic carbocycles. The molecule has 0 spiro atoms. The third-order valence-corrected chi connectivity index (χ3v) is 5.82. The van der Waals surface area contributed by atoms with Gasteiger partial charge in [0.2, 0.25) is 0 Å². The van der Waals surface area contributed by atoms with Gasteiger partial charge in [0.25, 0.3) is 5.91 Å². The predicted molar refractivity (Wildman–Crippen MR) is 89.4 cm³/mol. The number of nitrogens with two attached hydrogens (primary N) is 1. The first-order valence-corrected chi connectivity index (χ1v) is 8.52. The Morgan fingerprint density at radius 3 is 2.90 bits per heavy atom. The highest BCUT2D eigenvalue weighted by Gasteiger charge is 2.16. The van der Waals surface area contributed by atoms with E-state index in [2.05, 4.69) is 21.2 Å². The van der Waals surface area contributed by atoms with Crippen LogP contribution in [0.4, 0.5) is 10.1 Å². The van der Waals surface area contributed by atoms with Crippen LogP contribution in [0.1, 0.15) is 14.5 Å². The fraction of sp³-hybridized carbons (Fsp3) is 0.0714. The van der Waals surface area contributed by atoms with Gasteiger partial charge in [-0.25, -0.2) is 4.39 Å². The van der Waals surface area contributed by atoms with Crippen LogP contribution < -0.4 is 11.1 Å². The van der Waals surface area contributed by atoms with Crippen LogP contribution >= 0.6 is 38.6 Å². The molecule has 0 fully saturated rings. The first-order chi connectivity index (χ1) is 10.0. The lowest BCUT2D eigenvalue weighted by Crippen LogP contribution is -2.22. The van der Waals surface area contributed by atoms with Crippen molar-refractivity contribution in [3.63, 3.8) is 0 Å². The van der Waals surface area contributed by atoms with Gasteiger partial charge in [0.1, 0.15) is 10.7 Å². The van der Waals surface area contributed by atoms with E-state index in [-0.39, 0.29) is 11.7 Å². The molecule has 0 saturated heterocycles. The van der Waals surface area contributed by atoms with E-state index in [1.54, 1.807) is 17.4 Å². The van der Waals surface area contributed by atoms with Crippen molar-refractivity contribution in [2.45, 2.75) is 6.54 Å². The van der Waals surface area contributed by atoms with Crippen molar-refractivity contribution in [3.8, 4) is 0 Å². The van der Waals surface area contributed by atoms with E-state index in [0.29, 0.717) is 22.5 Å². The van der Waals surface area contributed by atoms with E-state index >= 15 is 0 Å². The van der Waals surface area contributed by atoms with Gasteiger partial charge in [0.05, 0.1) is 12.2 Å². The maximum Gasteiger partial charge on any atom is 0.263 e. The maximum absolute atomic E-state index is 13.2. The van der Waals surface area contributed by atoms with Crippen LogP contribution in [0, 0.1) is 5.82 Å². The zero-order chi connectivity index (χ0) is 15.0. The zero-order valence-corrected chi connectivity index (χ0v) is 13.9. The maximum atomic E-state index is 13.2. The van der Waals surface area contributed by atoms with E-state index in [1.807, 2.05) is 11.4 Å². The summed E-state index contributed by atoms with van der Waals surface area (Å²) in [6.45, 7) is 0.442. The number of thiophene rings is 2. The average Bonchev–Trinajstić information content (AvgIpc) is 3.01. The largest absolute Gasteiger partial charge is 0.397 e. The molecule has 0 bridgehead atoms. The van der Waals surface area contributed by atoms with Crippen molar-refractivity contribution in [2.24, 2.45) is 0 Å². The molecule has 3 nitrogen and oxygen atoms in total. The Morgan fingerprint density at radius 2 is 2.19 bits per heavy atom. The van der Waals surface area contributed by atoms with Gasteiger partial charge in [-0.3, -0.25) is 4.79 Å². The summed E-state index contributed by atoms with van der Waals surface area (Å²) in [5.41, 5.74) is 6.29. The number of carbonyl (C=O) groups excluding carboxylic acids is 1. The summed E-state index contributed by atoms with van der Waals surface area (Å²) in [4.78, 5) is 13.7. The minimum absolute atomic E-state index is 0.237. The van der Waals surface area contributed by atoms with Crippen LogP contribution in [-0.2, 0) is 6.54 Å². The van der Waals surface area contributed by atoms with E-state index in [1.165, 1.54) is 23.5 Å². The van der Waals surface area contributed by atoms with Crippen molar-refractivity contribution in [1.29, 1.82) is 0 Å². The summed E-state index contributed by atoms with van der Waals surface area (Å²) in [5.74, 6) is -0.596. The van der Waals surface area contributed by atoms with Crippen LogP contribution in [0.25, 0.3) is 10.1 Å². The van der Waals surface area contributed by atoms with E-state index in [0.717, 1.165) is 14.0 Å². The van der Waals surface area contributed by atoms with Crippen molar-refractivity contribution < 1.29 is 9.18 Å². The molecule has 0 saturated carbocycles. The molecule has 7 heteroatoms. The zero-order valence-electron chi connectivity index (χ0n) is 10.7. The quantitative estimate of drug-likeness (QED) is 0.703. The van der Waals surface area contributed by atoms with Crippen LogP contribution in [0.2, 0.25) is 0 Å². The van der Waals surface area contributed by atoms with Crippen molar-refractivity contribution in [1.82, 2.24) is 5.32 Å².